The summed E-state index contributed by atoms with van der Waals surface area (Å²) in [6.07, 6.45) is 9.49. The molecule has 1 aliphatic heterocycles. The molecule has 0 radical (unpaired) electrons. The standard InChI is InChI=1S/C21H30O5.C20H17FO3S.C10H13N5O4/c1-19-7-5-13(23)9-12(19)3-4-14-15-6-8-21(26,17(25)11-22)20(15,2)10-16(24)18(14)19;1-12-17(9-13-3-6-15(7-4-13)25(2)24)16-8-5-14(21)10-19(16)18(12)11-20(22)23;1-5-3-15(10(18)12-9(5)17)8-2-6(13-14-11)7(4-16)19-8/h9,14-16,18,22,24,26H,3-8,10-11H2,1-2H3;3-10H,11H2,1-2H3,(H,22,23);3,6-8,16H,2,4H2,1H3,(H,12,17,18)/b;17-9-;/t14-,15-,16-,18+,19-,20-,21-;;6-,7+,8+/m0.0/s1. The number of halogens is 1. The second-order valence-electron chi connectivity index (χ2n) is 19.8. The van der Waals surface area contributed by atoms with E-state index in [9.17, 15) is 48.2 Å². The summed E-state index contributed by atoms with van der Waals surface area (Å²) in [4.78, 5) is 64.0. The summed E-state index contributed by atoms with van der Waals surface area (Å²) in [6, 6.07) is 11.3. The largest absolute Gasteiger partial charge is 0.612 e. The van der Waals surface area contributed by atoms with Gasteiger partial charge >= 0.3 is 11.7 Å². The molecule has 4 fully saturated rings. The fourth-order valence-electron chi connectivity index (χ4n) is 12.4. The number of carbonyl (C=O) groups excluding carboxylic acids is 2. The molecule has 0 amide bonds. The first-order chi connectivity index (χ1) is 33.1. The van der Waals surface area contributed by atoms with E-state index in [0.29, 0.717) is 36.0 Å². The van der Waals surface area contributed by atoms with Crippen molar-refractivity contribution in [2.45, 2.75) is 120 Å². The van der Waals surface area contributed by atoms with Crippen LogP contribution in [-0.2, 0) is 30.3 Å². The zero-order chi connectivity index (χ0) is 51.0. The van der Waals surface area contributed by atoms with E-state index >= 15 is 0 Å². The number of aromatic amines is 1. The van der Waals surface area contributed by atoms with E-state index in [1.807, 2.05) is 32.1 Å². The van der Waals surface area contributed by atoms with Gasteiger partial charge in [-0.15, -0.1) is 0 Å². The second-order valence-corrected chi connectivity index (χ2v) is 21.2. The number of ether oxygens (including phenoxy) is 1. The number of aromatic nitrogens is 2. The highest BCUT2D eigenvalue weighted by Crippen LogP contribution is 2.67. The molecule has 11 atom stereocenters. The molecule has 0 spiro atoms. The molecule has 1 aromatic heterocycles. The van der Waals surface area contributed by atoms with Crippen LogP contribution in [0.4, 0.5) is 4.39 Å². The first-order valence-corrected chi connectivity index (χ1v) is 24.9. The van der Waals surface area contributed by atoms with Gasteiger partial charge in [0.25, 0.3) is 5.56 Å². The van der Waals surface area contributed by atoms with Crippen LogP contribution in [0.3, 0.4) is 0 Å². The number of H-pyrrole nitrogens is 1. The Morgan fingerprint density at radius 1 is 1.07 bits per heavy atom. The lowest BCUT2D eigenvalue weighted by atomic mass is 9.45. The number of Topliss-reactive ketones (excluding diaryl/α,β-unsaturated/α-hetero) is 1. The number of aliphatic hydroxyl groups excluding tert-OH is 3. The number of carboxylic acids is 1. The summed E-state index contributed by atoms with van der Waals surface area (Å²) < 4.78 is 31.8. The minimum absolute atomic E-state index is 0.0697. The number of aryl methyl sites for hydroxylation is 1. The van der Waals surface area contributed by atoms with Crippen molar-refractivity contribution in [3.63, 3.8) is 0 Å². The molecule has 3 aromatic rings. The number of carbonyl (C=O) groups is 3. The Morgan fingerprint density at radius 3 is 2.43 bits per heavy atom. The summed E-state index contributed by atoms with van der Waals surface area (Å²) >= 11 is -1.04. The van der Waals surface area contributed by atoms with Crippen molar-refractivity contribution < 1.29 is 53.6 Å². The highest BCUT2D eigenvalue weighted by molar-refractivity contribution is 7.90. The molecule has 374 valence electrons. The summed E-state index contributed by atoms with van der Waals surface area (Å²) in [5, 5.41) is 53.6. The highest BCUT2D eigenvalue weighted by Gasteiger charge is 2.68. The van der Waals surface area contributed by atoms with E-state index in [1.165, 1.54) is 28.5 Å². The van der Waals surface area contributed by atoms with Crippen molar-refractivity contribution in [1.29, 1.82) is 0 Å². The number of rotatable bonds is 9. The quantitative estimate of drug-likeness (QED) is 0.0628. The number of hydrogen-bond donors (Lipinski definition) is 6. The highest BCUT2D eigenvalue weighted by atomic mass is 32.2. The van der Waals surface area contributed by atoms with E-state index in [0.717, 1.165) is 52.9 Å². The van der Waals surface area contributed by atoms with Crippen LogP contribution in [0, 0.1) is 41.3 Å². The van der Waals surface area contributed by atoms with Gasteiger partial charge in [-0.1, -0.05) is 30.6 Å². The molecule has 2 heterocycles. The molecule has 1 unspecified atom stereocenters. The maximum atomic E-state index is 13.7. The van der Waals surface area contributed by atoms with Crippen LogP contribution in [0.25, 0.3) is 27.7 Å². The summed E-state index contributed by atoms with van der Waals surface area (Å²) in [7, 11) is 0. The molecule has 0 bridgehead atoms. The van der Waals surface area contributed by atoms with Crippen LogP contribution in [0.2, 0.25) is 0 Å². The zero-order valence-corrected chi connectivity index (χ0v) is 40.6. The SMILES string of the molecule is CC1=C(CC(=O)O)c2cc(F)ccc2/C1=C\c1ccc([S+](C)[O-])cc1.C[C@]12CCC(=O)C=C1CC[C@@H]1[C@@H]2[C@@H](O)C[C@@]2(C)[C@H]1CC[C@]2(O)C(=O)CO.Cc1cn([C@H]2C[C@H](N=[N+]=[N-])[C@@H](CO)O2)c(=O)[nH]c1=O. The first-order valence-electron chi connectivity index (χ1n) is 23.4. The number of benzene rings is 2. The lowest BCUT2D eigenvalue weighted by Gasteiger charge is -2.60. The summed E-state index contributed by atoms with van der Waals surface area (Å²) in [5.41, 5.74) is 11.3. The fraction of sp³-hybridized carbons (Fsp3) is 0.510. The molecule has 19 heteroatoms. The molecule has 3 saturated carbocycles. The van der Waals surface area contributed by atoms with Crippen molar-refractivity contribution in [2.24, 2.45) is 33.7 Å². The minimum atomic E-state index is -1.54. The third kappa shape index (κ3) is 9.78. The molecular weight excluding hydrogens is 926 g/mol. The van der Waals surface area contributed by atoms with Crippen molar-refractivity contribution in [2.75, 3.05) is 19.5 Å². The molecule has 6 aliphatic rings. The van der Waals surface area contributed by atoms with E-state index in [2.05, 4.69) is 21.9 Å². The van der Waals surface area contributed by atoms with Gasteiger partial charge in [0.15, 0.2) is 16.5 Å². The molecule has 1 saturated heterocycles. The topological polar surface area (TPSA) is 288 Å². The molecule has 6 N–H and O–H groups in total. The molecule has 17 nitrogen and oxygen atoms in total. The van der Waals surface area contributed by atoms with Crippen LogP contribution in [0.5, 0.6) is 0 Å². The van der Waals surface area contributed by atoms with Crippen molar-refractivity contribution in [1.82, 2.24) is 9.55 Å². The van der Waals surface area contributed by atoms with Crippen LogP contribution in [-0.4, -0.2) is 100 Å². The number of aliphatic hydroxyl groups is 4. The van der Waals surface area contributed by atoms with Crippen molar-refractivity contribution in [3.05, 3.63) is 125 Å². The minimum Gasteiger partial charge on any atom is -0.612 e. The van der Waals surface area contributed by atoms with Gasteiger partial charge in [0.05, 0.1) is 31.3 Å². The monoisotopic (exact) mass is 985 g/mol. The predicted molar refractivity (Wildman–Crippen MR) is 258 cm³/mol. The Balaban J connectivity index is 0.000000157. The van der Waals surface area contributed by atoms with Crippen LogP contribution in [0.15, 0.2) is 85.5 Å². The van der Waals surface area contributed by atoms with Crippen molar-refractivity contribution >= 4 is 45.9 Å². The number of ketones is 2. The number of nitrogens with one attached hydrogen (secondary N) is 1. The van der Waals surface area contributed by atoms with Gasteiger partial charge in [-0.3, -0.25) is 28.7 Å². The Morgan fingerprint density at radius 2 is 1.79 bits per heavy atom. The average molecular weight is 986 g/mol. The lowest BCUT2D eigenvalue weighted by Crippen LogP contribution is -2.62. The van der Waals surface area contributed by atoms with Crippen molar-refractivity contribution in [3.8, 4) is 0 Å². The lowest BCUT2D eigenvalue weighted by molar-refractivity contribution is -0.182. The van der Waals surface area contributed by atoms with E-state index in [1.54, 1.807) is 37.5 Å². The van der Waals surface area contributed by atoms with Gasteiger partial charge in [0.1, 0.15) is 30.5 Å². The van der Waals surface area contributed by atoms with Gasteiger partial charge in [0.2, 0.25) is 0 Å². The van der Waals surface area contributed by atoms with Crippen LogP contribution < -0.4 is 11.2 Å². The van der Waals surface area contributed by atoms with Gasteiger partial charge in [0, 0.05) is 34.9 Å². The second kappa shape index (κ2) is 20.7. The number of nitrogens with zero attached hydrogens (tertiary/aromatic N) is 4. The van der Waals surface area contributed by atoms with E-state index < -0.39 is 76.3 Å². The number of fused-ring (bicyclic) bond motifs is 6. The third-order valence-electron chi connectivity index (χ3n) is 16.0. The Kier molecular flexibility index (Phi) is 15.5. The summed E-state index contributed by atoms with van der Waals surface area (Å²) in [6.45, 7) is 6.58. The van der Waals surface area contributed by atoms with Gasteiger partial charge in [-0.2, -0.15) is 0 Å². The number of hydrogen-bond acceptors (Lipinski definition) is 12. The third-order valence-corrected chi connectivity index (χ3v) is 16.9. The average Bonchev–Trinajstić information content (AvgIpc) is 3.93. The van der Waals surface area contributed by atoms with Gasteiger partial charge in [-0.05, 0) is 174 Å². The Bertz CT molecular complexity index is 2820. The Hall–Kier alpha value is -5.50. The van der Waals surface area contributed by atoms with Crippen LogP contribution >= 0.6 is 0 Å². The first kappa shape index (κ1) is 52.3. The molecular formula is C51H60FN5O12S. The normalized spacial score (nSPS) is 31.6. The molecule has 2 aromatic carbocycles. The maximum Gasteiger partial charge on any atom is 0.330 e. The van der Waals surface area contributed by atoms with E-state index in [-0.39, 0.29) is 54.2 Å². The number of allylic oxidation sites excluding steroid dienone is 3. The zero-order valence-electron chi connectivity index (χ0n) is 39.8. The molecule has 9 rings (SSSR count). The fourth-order valence-corrected chi connectivity index (χ4v) is 12.9. The van der Waals surface area contributed by atoms with Crippen LogP contribution in [0.1, 0.15) is 107 Å². The van der Waals surface area contributed by atoms with Gasteiger partial charge in [-0.25, -0.2) is 9.18 Å². The van der Waals surface area contributed by atoms with Gasteiger partial charge < -0.3 is 34.8 Å². The number of carboxylic acid groups (broad SMARTS) is 1. The number of aliphatic carboxylic acids is 1. The Labute approximate surface area is 406 Å². The summed E-state index contributed by atoms with van der Waals surface area (Å²) in [5.74, 6) is -1.19. The smallest absolute Gasteiger partial charge is 0.330 e. The van der Waals surface area contributed by atoms with E-state index in [4.69, 9.17) is 20.5 Å². The molecule has 70 heavy (non-hydrogen) atoms. The molecule has 5 aliphatic carbocycles. The number of azide groups is 1. The predicted octanol–water partition coefficient (Wildman–Crippen LogP) is 5.95. The maximum absolute atomic E-state index is 13.7.